The van der Waals surface area contributed by atoms with E-state index >= 15 is 4.39 Å². The Balaban J connectivity index is 1.21. The zero-order chi connectivity index (χ0) is 33.3. The molecule has 2 heterocycles. The second-order valence-electron chi connectivity index (χ2n) is 11.2. The maximum atomic E-state index is 15.2. The van der Waals surface area contributed by atoms with Gasteiger partial charge in [-0.1, -0.05) is 6.07 Å². The van der Waals surface area contributed by atoms with Crippen molar-refractivity contribution in [1.29, 1.82) is 0 Å². The minimum absolute atomic E-state index is 0.0703. The number of anilines is 1. The molecule has 1 aliphatic rings. The lowest BCUT2D eigenvalue weighted by atomic mass is 9.99. The molecule has 2 amide bonds. The molecule has 47 heavy (non-hydrogen) atoms. The summed E-state index contributed by atoms with van der Waals surface area (Å²) in [6, 6.07) is 14.6. The predicted octanol–water partition coefficient (Wildman–Crippen LogP) is 5.21. The summed E-state index contributed by atoms with van der Waals surface area (Å²) in [5.74, 6) is 0.597. The van der Waals surface area contributed by atoms with Crippen LogP contribution in [0.1, 0.15) is 18.4 Å². The number of halogens is 1. The lowest BCUT2D eigenvalue weighted by molar-refractivity contribution is -0.142. The Hall–Kier alpha value is -5.10. The topological polar surface area (TPSA) is 120 Å². The van der Waals surface area contributed by atoms with E-state index in [-0.39, 0.29) is 18.0 Å². The molecule has 1 saturated heterocycles. The van der Waals surface area contributed by atoms with Crippen LogP contribution in [0, 0.1) is 11.7 Å². The zero-order valence-electron chi connectivity index (χ0n) is 26.9. The van der Waals surface area contributed by atoms with Gasteiger partial charge >= 0.3 is 11.8 Å². The van der Waals surface area contributed by atoms with E-state index in [1.807, 2.05) is 12.1 Å². The van der Waals surface area contributed by atoms with Crippen molar-refractivity contribution in [2.75, 3.05) is 59.9 Å². The number of pyridine rings is 1. The molecule has 0 radical (unpaired) electrons. The Kier molecular flexibility index (Phi) is 10.9. The molecule has 0 aliphatic carbocycles. The van der Waals surface area contributed by atoms with Gasteiger partial charge in [0, 0.05) is 36.9 Å². The van der Waals surface area contributed by atoms with Crippen molar-refractivity contribution < 1.29 is 37.7 Å². The van der Waals surface area contributed by atoms with Crippen LogP contribution in [-0.4, -0.2) is 76.3 Å². The summed E-state index contributed by atoms with van der Waals surface area (Å²) in [7, 11) is 6.17. The first-order chi connectivity index (χ1) is 22.8. The highest BCUT2D eigenvalue weighted by molar-refractivity contribution is 6.39. The third-order valence-electron chi connectivity index (χ3n) is 8.06. The molecule has 0 unspecified atom stereocenters. The molecule has 0 spiro atoms. The molecule has 4 aromatic rings. The molecule has 1 aromatic heterocycles. The zero-order valence-corrected chi connectivity index (χ0v) is 26.9. The molecule has 11 nitrogen and oxygen atoms in total. The highest BCUT2D eigenvalue weighted by Gasteiger charge is 2.21. The van der Waals surface area contributed by atoms with E-state index < -0.39 is 17.6 Å². The van der Waals surface area contributed by atoms with Gasteiger partial charge in [-0.05, 0) is 86.3 Å². The van der Waals surface area contributed by atoms with E-state index in [1.54, 1.807) is 51.8 Å². The first kappa shape index (κ1) is 33.3. The van der Waals surface area contributed by atoms with Gasteiger partial charge in [-0.2, -0.15) is 0 Å². The summed E-state index contributed by atoms with van der Waals surface area (Å²) >= 11 is 0. The maximum Gasteiger partial charge on any atom is 0.313 e. The third kappa shape index (κ3) is 8.01. The van der Waals surface area contributed by atoms with Gasteiger partial charge in [-0.25, -0.2) is 4.39 Å². The molecule has 1 fully saturated rings. The Morgan fingerprint density at radius 3 is 2.38 bits per heavy atom. The lowest BCUT2D eigenvalue weighted by Crippen LogP contribution is -2.38. The van der Waals surface area contributed by atoms with E-state index in [1.165, 1.54) is 24.1 Å². The number of amides is 2. The number of nitrogens with zero attached hydrogens (tertiary/aromatic N) is 2. The number of nitrogens with one attached hydrogen (secondary N) is 2. The molecule has 0 bridgehead atoms. The van der Waals surface area contributed by atoms with Crippen LogP contribution in [0.5, 0.6) is 34.5 Å². The second kappa shape index (κ2) is 15.5. The summed E-state index contributed by atoms with van der Waals surface area (Å²) in [6.07, 6.45) is 4.14. The quantitative estimate of drug-likeness (QED) is 0.200. The van der Waals surface area contributed by atoms with Gasteiger partial charge in [0.05, 0.1) is 27.9 Å². The lowest BCUT2D eigenvalue weighted by Gasteiger charge is -2.23. The number of hydrogen-bond acceptors (Lipinski definition) is 9. The smallest absolute Gasteiger partial charge is 0.313 e. The summed E-state index contributed by atoms with van der Waals surface area (Å²) in [5.41, 5.74) is 1.53. The van der Waals surface area contributed by atoms with Crippen LogP contribution in [0.3, 0.4) is 0 Å². The fourth-order valence-corrected chi connectivity index (χ4v) is 5.38. The number of ether oxygens (including phenoxy) is 5. The molecule has 3 aromatic carbocycles. The molecular weight excluding hydrogens is 607 g/mol. The van der Waals surface area contributed by atoms with Gasteiger partial charge in [-0.3, -0.25) is 14.6 Å². The normalized spacial score (nSPS) is 13.1. The van der Waals surface area contributed by atoms with Crippen molar-refractivity contribution >= 4 is 28.4 Å². The number of rotatable bonds is 12. The van der Waals surface area contributed by atoms with Crippen LogP contribution < -0.4 is 34.3 Å². The molecule has 5 rings (SSSR count). The van der Waals surface area contributed by atoms with E-state index in [4.69, 9.17) is 23.7 Å². The summed E-state index contributed by atoms with van der Waals surface area (Å²) in [6.45, 7) is 2.81. The number of carbonyl (C=O) groups excluding carboxylic acids is 2. The Bertz CT molecular complexity index is 1730. The second-order valence-corrected chi connectivity index (χ2v) is 11.2. The minimum Gasteiger partial charge on any atom is -0.493 e. The molecule has 2 N–H and O–H groups in total. The van der Waals surface area contributed by atoms with Crippen LogP contribution >= 0.6 is 0 Å². The number of carbonyl (C=O) groups is 2. The average Bonchev–Trinajstić information content (AvgIpc) is 3.10. The Morgan fingerprint density at radius 1 is 0.915 bits per heavy atom. The third-order valence-corrected chi connectivity index (χ3v) is 8.06. The summed E-state index contributed by atoms with van der Waals surface area (Å²) in [4.78, 5) is 31.2. The standard InChI is InChI=1S/C35H39FN4O7/c1-40(18-14-22-5-8-29(43-2)31(19-22)44-3)35(42)34(41)39-24-6-9-28(26(36)20-24)47-27-13-17-38-32-25(27)7-10-30(33(32)45-4)46-21-23-11-15-37-16-12-23/h5-10,13,17,19-20,23,37H,11-12,14-16,18,21H2,1-4H3,(H,39,41). The van der Waals surface area contributed by atoms with Crippen LogP contribution in [0.25, 0.3) is 10.9 Å². The number of hydrogen-bond donors (Lipinski definition) is 2. The molecule has 0 atom stereocenters. The predicted molar refractivity (Wildman–Crippen MR) is 175 cm³/mol. The van der Waals surface area contributed by atoms with Crippen molar-refractivity contribution in [3.05, 3.63) is 72.2 Å². The SMILES string of the molecule is COc1ccc(CCN(C)C(=O)C(=O)Nc2ccc(Oc3ccnc4c(OC)c(OCC5CCNCC5)ccc34)c(F)c2)cc1OC. The summed E-state index contributed by atoms with van der Waals surface area (Å²) < 4.78 is 43.5. The van der Waals surface area contributed by atoms with Gasteiger partial charge in [0.2, 0.25) is 0 Å². The van der Waals surface area contributed by atoms with Crippen molar-refractivity contribution in [3.8, 4) is 34.5 Å². The van der Waals surface area contributed by atoms with Gasteiger partial charge < -0.3 is 39.2 Å². The number of benzene rings is 3. The van der Waals surface area contributed by atoms with Gasteiger partial charge in [0.15, 0.2) is 34.6 Å². The van der Waals surface area contributed by atoms with E-state index in [0.717, 1.165) is 37.6 Å². The van der Waals surface area contributed by atoms with Crippen molar-refractivity contribution in [2.24, 2.45) is 5.92 Å². The first-order valence-corrected chi connectivity index (χ1v) is 15.3. The van der Waals surface area contributed by atoms with E-state index in [9.17, 15) is 9.59 Å². The first-order valence-electron chi connectivity index (χ1n) is 15.3. The summed E-state index contributed by atoms with van der Waals surface area (Å²) in [5, 5.41) is 6.43. The van der Waals surface area contributed by atoms with Crippen molar-refractivity contribution in [1.82, 2.24) is 15.2 Å². The van der Waals surface area contributed by atoms with Crippen LogP contribution in [0.15, 0.2) is 60.8 Å². The van der Waals surface area contributed by atoms with E-state index in [2.05, 4.69) is 15.6 Å². The number of fused-ring (bicyclic) bond motifs is 1. The van der Waals surface area contributed by atoms with Gasteiger partial charge in [-0.15, -0.1) is 0 Å². The van der Waals surface area contributed by atoms with Crippen LogP contribution in [0.4, 0.5) is 10.1 Å². The average molecular weight is 647 g/mol. The minimum atomic E-state index is -0.890. The van der Waals surface area contributed by atoms with Crippen LogP contribution in [0.2, 0.25) is 0 Å². The molecule has 1 aliphatic heterocycles. The van der Waals surface area contributed by atoms with Gasteiger partial charge in [0.1, 0.15) is 11.3 Å². The number of aromatic nitrogens is 1. The number of piperidine rings is 1. The highest BCUT2D eigenvalue weighted by Crippen LogP contribution is 2.40. The molecule has 0 saturated carbocycles. The largest absolute Gasteiger partial charge is 0.493 e. The maximum absolute atomic E-state index is 15.2. The van der Waals surface area contributed by atoms with Crippen LogP contribution in [-0.2, 0) is 16.0 Å². The Labute approximate surface area is 272 Å². The van der Waals surface area contributed by atoms with Gasteiger partial charge in [0.25, 0.3) is 0 Å². The molecular formula is C35H39FN4O7. The van der Waals surface area contributed by atoms with Crippen molar-refractivity contribution in [3.63, 3.8) is 0 Å². The fraction of sp³-hybridized carbons (Fsp3) is 0.343. The van der Waals surface area contributed by atoms with Crippen molar-refractivity contribution in [2.45, 2.75) is 19.3 Å². The van der Waals surface area contributed by atoms with E-state index in [0.29, 0.717) is 58.6 Å². The molecule has 248 valence electrons. The monoisotopic (exact) mass is 646 g/mol. The Morgan fingerprint density at radius 2 is 1.66 bits per heavy atom. The number of methoxy groups -OCH3 is 3. The number of likely N-dealkylation sites (N-methyl/N-ethyl adjacent to an activating group) is 1. The highest BCUT2D eigenvalue weighted by atomic mass is 19.1. The fourth-order valence-electron chi connectivity index (χ4n) is 5.38. The molecule has 12 heteroatoms.